The van der Waals surface area contributed by atoms with Gasteiger partial charge < -0.3 is 4.90 Å². The van der Waals surface area contributed by atoms with Crippen LogP contribution in [0, 0.1) is 0 Å². The summed E-state index contributed by atoms with van der Waals surface area (Å²) in [4.78, 5) is 38.8. The second-order valence-corrected chi connectivity index (χ2v) is 4.79. The Hall–Kier alpha value is -2.17. The third-order valence-corrected chi connectivity index (χ3v) is 3.64. The molecule has 0 N–H and O–H groups in total. The Bertz CT molecular complexity index is 529. The van der Waals surface area contributed by atoms with Crippen LogP contribution in [0.3, 0.4) is 0 Å². The SMILES string of the molecule is O=C(CCN1C(=O)c2ccccc2C1=O)N1CCC1. The van der Waals surface area contributed by atoms with Gasteiger partial charge in [-0.15, -0.1) is 0 Å². The Balaban J connectivity index is 1.68. The normalized spacial score (nSPS) is 17.5. The zero-order valence-electron chi connectivity index (χ0n) is 10.5. The Kier molecular flexibility index (Phi) is 2.81. The van der Waals surface area contributed by atoms with Crippen molar-refractivity contribution in [3.05, 3.63) is 35.4 Å². The van der Waals surface area contributed by atoms with Crippen molar-refractivity contribution in [2.24, 2.45) is 0 Å². The van der Waals surface area contributed by atoms with Crippen LogP contribution in [-0.4, -0.2) is 47.2 Å². The molecule has 0 atom stereocenters. The maximum absolute atomic E-state index is 12.1. The van der Waals surface area contributed by atoms with Gasteiger partial charge in [0.1, 0.15) is 0 Å². The van der Waals surface area contributed by atoms with Crippen LogP contribution in [0.4, 0.5) is 0 Å². The summed E-state index contributed by atoms with van der Waals surface area (Å²) >= 11 is 0. The number of nitrogens with zero attached hydrogens (tertiary/aromatic N) is 2. The molecule has 5 heteroatoms. The molecule has 19 heavy (non-hydrogen) atoms. The highest BCUT2D eigenvalue weighted by Crippen LogP contribution is 2.22. The average molecular weight is 258 g/mol. The molecule has 0 aromatic heterocycles. The summed E-state index contributed by atoms with van der Waals surface area (Å²) in [5, 5.41) is 0. The summed E-state index contributed by atoms with van der Waals surface area (Å²) in [6.45, 7) is 1.75. The standard InChI is InChI=1S/C14H14N2O3/c17-12(15-7-3-8-15)6-9-16-13(18)10-4-1-2-5-11(10)14(16)19/h1-2,4-5H,3,6-9H2. The van der Waals surface area contributed by atoms with E-state index in [0.717, 1.165) is 19.5 Å². The van der Waals surface area contributed by atoms with Gasteiger partial charge in [0, 0.05) is 26.1 Å². The summed E-state index contributed by atoms with van der Waals surface area (Å²) in [6, 6.07) is 6.76. The van der Waals surface area contributed by atoms with Gasteiger partial charge in [-0.3, -0.25) is 19.3 Å². The van der Waals surface area contributed by atoms with E-state index < -0.39 is 0 Å². The van der Waals surface area contributed by atoms with Gasteiger partial charge in [0.05, 0.1) is 11.1 Å². The summed E-state index contributed by atoms with van der Waals surface area (Å²) in [5.41, 5.74) is 0.868. The molecule has 3 rings (SSSR count). The first-order valence-corrected chi connectivity index (χ1v) is 6.41. The third-order valence-electron chi connectivity index (χ3n) is 3.64. The molecule has 0 spiro atoms. The van der Waals surface area contributed by atoms with Crippen LogP contribution in [0.15, 0.2) is 24.3 Å². The van der Waals surface area contributed by atoms with Crippen molar-refractivity contribution < 1.29 is 14.4 Å². The molecule has 0 radical (unpaired) electrons. The Morgan fingerprint density at radius 3 is 2.11 bits per heavy atom. The Morgan fingerprint density at radius 2 is 1.63 bits per heavy atom. The first-order valence-electron chi connectivity index (χ1n) is 6.41. The van der Waals surface area contributed by atoms with Crippen molar-refractivity contribution in [3.63, 3.8) is 0 Å². The van der Waals surface area contributed by atoms with Crippen molar-refractivity contribution in [2.75, 3.05) is 19.6 Å². The van der Waals surface area contributed by atoms with E-state index in [2.05, 4.69) is 0 Å². The second-order valence-electron chi connectivity index (χ2n) is 4.79. The minimum atomic E-state index is -0.294. The fraction of sp³-hybridized carbons (Fsp3) is 0.357. The van der Waals surface area contributed by atoms with Crippen molar-refractivity contribution in [1.82, 2.24) is 9.80 Å². The van der Waals surface area contributed by atoms with Crippen molar-refractivity contribution in [1.29, 1.82) is 0 Å². The molecule has 98 valence electrons. The number of likely N-dealkylation sites (tertiary alicyclic amines) is 1. The van der Waals surface area contributed by atoms with E-state index >= 15 is 0 Å². The van der Waals surface area contributed by atoms with Gasteiger partial charge in [-0.2, -0.15) is 0 Å². The lowest BCUT2D eigenvalue weighted by Gasteiger charge is -2.31. The molecule has 1 aromatic carbocycles. The van der Waals surface area contributed by atoms with Gasteiger partial charge in [0.2, 0.25) is 5.91 Å². The average Bonchev–Trinajstić information content (AvgIpc) is 2.59. The molecule has 1 saturated heterocycles. The second kappa shape index (κ2) is 4.50. The van der Waals surface area contributed by atoms with Crippen molar-refractivity contribution >= 4 is 17.7 Å². The Morgan fingerprint density at radius 1 is 1.05 bits per heavy atom. The van der Waals surface area contributed by atoms with E-state index in [1.807, 2.05) is 0 Å². The molecule has 2 heterocycles. The number of carbonyl (C=O) groups excluding carboxylic acids is 3. The third kappa shape index (κ3) is 1.91. The van der Waals surface area contributed by atoms with Crippen LogP contribution in [-0.2, 0) is 4.79 Å². The van der Waals surface area contributed by atoms with E-state index in [4.69, 9.17) is 0 Å². The fourth-order valence-corrected chi connectivity index (χ4v) is 2.37. The lowest BCUT2D eigenvalue weighted by Crippen LogP contribution is -2.43. The van der Waals surface area contributed by atoms with Gasteiger partial charge in [-0.1, -0.05) is 12.1 Å². The maximum Gasteiger partial charge on any atom is 0.261 e. The van der Waals surface area contributed by atoms with E-state index in [0.29, 0.717) is 11.1 Å². The van der Waals surface area contributed by atoms with Crippen LogP contribution in [0.2, 0.25) is 0 Å². The minimum Gasteiger partial charge on any atom is -0.343 e. The largest absolute Gasteiger partial charge is 0.343 e. The predicted octanol–water partition coefficient (Wildman–Crippen LogP) is 0.905. The number of carbonyl (C=O) groups is 3. The number of imide groups is 1. The lowest BCUT2D eigenvalue weighted by molar-refractivity contribution is -0.134. The fourth-order valence-electron chi connectivity index (χ4n) is 2.37. The predicted molar refractivity (Wildman–Crippen MR) is 67.6 cm³/mol. The molecule has 1 fully saturated rings. The maximum atomic E-state index is 12.1. The van der Waals surface area contributed by atoms with E-state index in [9.17, 15) is 14.4 Å². The molecule has 0 saturated carbocycles. The van der Waals surface area contributed by atoms with Crippen LogP contribution in [0.25, 0.3) is 0 Å². The molecule has 5 nitrogen and oxygen atoms in total. The molecule has 1 aromatic rings. The van der Waals surface area contributed by atoms with E-state index in [1.54, 1.807) is 29.2 Å². The van der Waals surface area contributed by atoms with E-state index in [1.165, 1.54) is 4.90 Å². The highest BCUT2D eigenvalue weighted by atomic mass is 16.2. The van der Waals surface area contributed by atoms with Gasteiger partial charge in [0.25, 0.3) is 11.8 Å². The number of amides is 3. The number of rotatable bonds is 3. The molecule has 2 aliphatic rings. The highest BCUT2D eigenvalue weighted by Gasteiger charge is 2.35. The van der Waals surface area contributed by atoms with Gasteiger partial charge >= 0.3 is 0 Å². The van der Waals surface area contributed by atoms with Gasteiger partial charge in [-0.05, 0) is 18.6 Å². The molecule has 2 aliphatic heterocycles. The van der Waals surface area contributed by atoms with Gasteiger partial charge in [-0.25, -0.2) is 0 Å². The molecule has 3 amide bonds. The van der Waals surface area contributed by atoms with E-state index in [-0.39, 0.29) is 30.7 Å². The topological polar surface area (TPSA) is 57.7 Å². The number of hydrogen-bond acceptors (Lipinski definition) is 3. The van der Waals surface area contributed by atoms with Crippen molar-refractivity contribution in [2.45, 2.75) is 12.8 Å². The quantitative estimate of drug-likeness (QED) is 0.757. The van der Waals surface area contributed by atoms with Crippen LogP contribution < -0.4 is 0 Å². The summed E-state index contributed by atoms with van der Waals surface area (Å²) in [7, 11) is 0. The van der Waals surface area contributed by atoms with Crippen molar-refractivity contribution in [3.8, 4) is 0 Å². The molecular weight excluding hydrogens is 244 g/mol. The zero-order valence-corrected chi connectivity index (χ0v) is 10.5. The Labute approximate surface area is 110 Å². The van der Waals surface area contributed by atoms with Crippen LogP contribution in [0.5, 0.6) is 0 Å². The monoisotopic (exact) mass is 258 g/mol. The highest BCUT2D eigenvalue weighted by molar-refractivity contribution is 6.21. The number of hydrogen-bond donors (Lipinski definition) is 0. The summed E-state index contributed by atoms with van der Waals surface area (Å²) in [6.07, 6.45) is 1.25. The van der Waals surface area contributed by atoms with Crippen LogP contribution >= 0.6 is 0 Å². The van der Waals surface area contributed by atoms with Gasteiger partial charge in [0.15, 0.2) is 0 Å². The first-order chi connectivity index (χ1) is 9.18. The molecule has 0 bridgehead atoms. The number of fused-ring (bicyclic) bond motifs is 1. The molecular formula is C14H14N2O3. The van der Waals surface area contributed by atoms with Crippen LogP contribution in [0.1, 0.15) is 33.6 Å². The minimum absolute atomic E-state index is 0.0165. The molecule has 0 aliphatic carbocycles. The molecule has 0 unspecified atom stereocenters. The zero-order chi connectivity index (χ0) is 13.4. The first kappa shape index (κ1) is 11.9. The number of benzene rings is 1. The smallest absolute Gasteiger partial charge is 0.261 e. The summed E-state index contributed by atoms with van der Waals surface area (Å²) in [5.74, 6) is -0.572. The lowest BCUT2D eigenvalue weighted by atomic mass is 10.1. The summed E-state index contributed by atoms with van der Waals surface area (Å²) < 4.78 is 0.